The Kier molecular flexibility index (Phi) is 3.08. The van der Waals surface area contributed by atoms with Crippen LogP contribution in [0.2, 0.25) is 0 Å². The first-order valence-electron chi connectivity index (χ1n) is 5.99. The van der Waals surface area contributed by atoms with Crippen LogP contribution in [0.3, 0.4) is 0 Å². The van der Waals surface area contributed by atoms with E-state index < -0.39 is 0 Å². The van der Waals surface area contributed by atoms with E-state index in [-0.39, 0.29) is 17.0 Å². The molecule has 20 heavy (non-hydrogen) atoms. The summed E-state index contributed by atoms with van der Waals surface area (Å²) in [6.45, 7) is 0.138. The quantitative estimate of drug-likeness (QED) is 0.773. The van der Waals surface area contributed by atoms with Crippen molar-refractivity contribution < 1.29 is 0 Å². The summed E-state index contributed by atoms with van der Waals surface area (Å²) in [5, 5.41) is 0.541. The van der Waals surface area contributed by atoms with Crippen LogP contribution in [0.15, 0.2) is 52.2 Å². The van der Waals surface area contributed by atoms with E-state index in [2.05, 4.69) is 4.98 Å². The number of anilines is 1. The normalized spacial score (nSPS) is 10.8. The van der Waals surface area contributed by atoms with Gasteiger partial charge in [0.2, 0.25) is 0 Å². The number of hydrogen-bond acceptors (Lipinski definition) is 5. The van der Waals surface area contributed by atoms with Crippen LogP contribution in [-0.2, 0) is 6.54 Å². The van der Waals surface area contributed by atoms with Gasteiger partial charge in [-0.1, -0.05) is 29.5 Å². The number of nitrogen functional groups attached to an aromatic ring is 1. The molecular formula is C14H11N3O2S. The smallest absolute Gasteiger partial charge is 0.310 e. The van der Waals surface area contributed by atoms with Crippen molar-refractivity contribution in [3.63, 3.8) is 0 Å². The van der Waals surface area contributed by atoms with Gasteiger partial charge in [-0.15, -0.1) is 0 Å². The zero-order valence-corrected chi connectivity index (χ0v) is 11.3. The minimum absolute atomic E-state index is 0.138. The molecule has 2 heterocycles. The third-order valence-corrected chi connectivity index (χ3v) is 4.01. The number of aromatic nitrogens is 2. The fraction of sp³-hybridized carbons (Fsp3) is 0.0714. The third kappa shape index (κ3) is 2.10. The van der Waals surface area contributed by atoms with Gasteiger partial charge in [0.05, 0.1) is 11.9 Å². The fourth-order valence-electron chi connectivity index (χ4n) is 2.00. The number of rotatable bonds is 2. The molecule has 1 aromatic carbocycles. The molecule has 0 bridgehead atoms. The van der Waals surface area contributed by atoms with E-state index >= 15 is 0 Å². The van der Waals surface area contributed by atoms with Gasteiger partial charge in [-0.2, -0.15) is 0 Å². The molecule has 0 aliphatic rings. The van der Waals surface area contributed by atoms with E-state index in [4.69, 9.17) is 5.73 Å². The molecular weight excluding hydrogens is 274 g/mol. The van der Waals surface area contributed by atoms with Gasteiger partial charge in [0.25, 0.3) is 5.56 Å². The van der Waals surface area contributed by atoms with E-state index in [1.807, 2.05) is 0 Å². The molecule has 0 saturated heterocycles. The Labute approximate surface area is 117 Å². The SMILES string of the molecule is Nc1ncccc1Cn1c(=O)sc2ccccc2c1=O. The topological polar surface area (TPSA) is 78.0 Å². The molecule has 0 amide bonds. The van der Waals surface area contributed by atoms with Gasteiger partial charge in [0.15, 0.2) is 0 Å². The lowest BCUT2D eigenvalue weighted by molar-refractivity contribution is 0.752. The largest absolute Gasteiger partial charge is 0.383 e. The average molecular weight is 285 g/mol. The Morgan fingerprint density at radius 2 is 1.95 bits per heavy atom. The van der Waals surface area contributed by atoms with Crippen LogP contribution in [0.4, 0.5) is 5.82 Å². The highest BCUT2D eigenvalue weighted by atomic mass is 32.1. The third-order valence-electron chi connectivity index (χ3n) is 3.03. The number of nitrogens with zero attached hydrogens (tertiary/aromatic N) is 2. The van der Waals surface area contributed by atoms with Gasteiger partial charge in [0.1, 0.15) is 5.82 Å². The van der Waals surface area contributed by atoms with Crippen molar-refractivity contribution in [3.8, 4) is 0 Å². The van der Waals surface area contributed by atoms with E-state index in [1.165, 1.54) is 4.57 Å². The highest BCUT2D eigenvalue weighted by molar-refractivity contribution is 7.16. The molecule has 0 aliphatic carbocycles. The van der Waals surface area contributed by atoms with Gasteiger partial charge in [-0.25, -0.2) is 4.98 Å². The summed E-state index contributed by atoms with van der Waals surface area (Å²) in [5.74, 6) is 0.331. The second-order valence-corrected chi connectivity index (χ2v) is 5.30. The van der Waals surface area contributed by atoms with Crippen molar-refractivity contribution in [2.24, 2.45) is 0 Å². The van der Waals surface area contributed by atoms with Crippen LogP contribution in [-0.4, -0.2) is 9.55 Å². The first-order chi connectivity index (χ1) is 9.66. The second kappa shape index (κ2) is 4.90. The Morgan fingerprint density at radius 1 is 1.15 bits per heavy atom. The maximum absolute atomic E-state index is 12.4. The molecule has 3 rings (SSSR count). The Morgan fingerprint density at radius 3 is 2.75 bits per heavy atom. The van der Waals surface area contributed by atoms with Crippen molar-refractivity contribution in [1.82, 2.24) is 9.55 Å². The van der Waals surface area contributed by atoms with Gasteiger partial charge >= 0.3 is 4.87 Å². The molecule has 6 heteroatoms. The standard InChI is InChI=1S/C14H11N3O2S/c15-12-9(4-3-7-16-12)8-17-13(18)10-5-1-2-6-11(10)20-14(17)19/h1-7H,8H2,(H2,15,16). The van der Waals surface area contributed by atoms with Crippen molar-refractivity contribution in [3.05, 3.63) is 68.2 Å². The molecule has 5 nitrogen and oxygen atoms in total. The lowest BCUT2D eigenvalue weighted by Gasteiger charge is -2.07. The Hall–Kier alpha value is -2.47. The van der Waals surface area contributed by atoms with Crippen LogP contribution in [0.25, 0.3) is 10.1 Å². The van der Waals surface area contributed by atoms with Crippen LogP contribution < -0.4 is 16.2 Å². The summed E-state index contributed by atoms with van der Waals surface area (Å²) in [6.07, 6.45) is 1.57. The van der Waals surface area contributed by atoms with Crippen LogP contribution in [0, 0.1) is 0 Å². The number of hydrogen-bond donors (Lipinski definition) is 1. The molecule has 0 saturated carbocycles. The zero-order chi connectivity index (χ0) is 14.1. The van der Waals surface area contributed by atoms with Crippen molar-refractivity contribution in [2.75, 3.05) is 5.73 Å². The van der Waals surface area contributed by atoms with Crippen molar-refractivity contribution in [1.29, 1.82) is 0 Å². The molecule has 0 spiro atoms. The summed E-state index contributed by atoms with van der Waals surface area (Å²) in [5.41, 5.74) is 6.12. The molecule has 100 valence electrons. The number of benzene rings is 1. The number of fused-ring (bicyclic) bond motifs is 1. The highest BCUT2D eigenvalue weighted by Crippen LogP contribution is 2.12. The average Bonchev–Trinajstić information content (AvgIpc) is 2.45. The van der Waals surface area contributed by atoms with Crippen molar-refractivity contribution >= 4 is 27.2 Å². The van der Waals surface area contributed by atoms with E-state index in [0.717, 1.165) is 11.3 Å². The molecule has 3 aromatic rings. The highest BCUT2D eigenvalue weighted by Gasteiger charge is 2.09. The summed E-state index contributed by atoms with van der Waals surface area (Å²) in [6, 6.07) is 10.6. The van der Waals surface area contributed by atoms with E-state index in [0.29, 0.717) is 21.5 Å². The van der Waals surface area contributed by atoms with E-state index in [1.54, 1.807) is 42.6 Å². The van der Waals surface area contributed by atoms with Crippen molar-refractivity contribution in [2.45, 2.75) is 6.54 Å². The van der Waals surface area contributed by atoms with Crippen LogP contribution >= 0.6 is 11.3 Å². The minimum atomic E-state index is -0.299. The zero-order valence-electron chi connectivity index (χ0n) is 10.4. The summed E-state index contributed by atoms with van der Waals surface area (Å²) in [7, 11) is 0. The lowest BCUT2D eigenvalue weighted by atomic mass is 10.2. The molecule has 2 N–H and O–H groups in total. The molecule has 0 aliphatic heterocycles. The summed E-state index contributed by atoms with van der Waals surface area (Å²) >= 11 is 1.05. The maximum Gasteiger partial charge on any atom is 0.310 e. The monoisotopic (exact) mass is 285 g/mol. The van der Waals surface area contributed by atoms with Crippen LogP contribution in [0.1, 0.15) is 5.56 Å². The van der Waals surface area contributed by atoms with Gasteiger partial charge in [-0.05, 0) is 18.2 Å². The maximum atomic E-state index is 12.4. The van der Waals surface area contributed by atoms with Gasteiger partial charge in [-0.3, -0.25) is 14.2 Å². The summed E-state index contributed by atoms with van der Waals surface area (Å²) < 4.78 is 1.89. The number of pyridine rings is 1. The molecule has 0 radical (unpaired) electrons. The Balaban J connectivity index is 2.20. The predicted octanol–water partition coefficient (Wildman–Crippen LogP) is 1.45. The molecule has 2 aromatic heterocycles. The fourth-order valence-corrected chi connectivity index (χ4v) is 2.86. The molecule has 0 atom stereocenters. The van der Waals surface area contributed by atoms with Crippen LogP contribution in [0.5, 0.6) is 0 Å². The Bertz CT molecular complexity index is 899. The van der Waals surface area contributed by atoms with E-state index in [9.17, 15) is 9.59 Å². The second-order valence-electron chi connectivity index (χ2n) is 4.30. The number of nitrogens with two attached hydrogens (primary N) is 1. The lowest BCUT2D eigenvalue weighted by Crippen LogP contribution is -2.31. The van der Waals surface area contributed by atoms with Gasteiger partial charge < -0.3 is 5.73 Å². The molecule has 0 unspecified atom stereocenters. The van der Waals surface area contributed by atoms with Gasteiger partial charge in [0, 0.05) is 16.5 Å². The minimum Gasteiger partial charge on any atom is -0.383 e. The molecule has 0 fully saturated rings. The summed E-state index contributed by atoms with van der Waals surface area (Å²) in [4.78, 5) is 28.1. The predicted molar refractivity (Wildman–Crippen MR) is 80.1 cm³/mol. The first kappa shape index (κ1) is 12.6. The first-order valence-corrected chi connectivity index (χ1v) is 6.80.